The smallest absolute Gasteiger partial charge is 0.288 e. The van der Waals surface area contributed by atoms with Crippen molar-refractivity contribution in [2.75, 3.05) is 0 Å². The van der Waals surface area contributed by atoms with Crippen molar-refractivity contribution in [3.8, 4) is 0 Å². The van der Waals surface area contributed by atoms with Gasteiger partial charge in [-0.05, 0) is 35.6 Å². The third-order valence-electron chi connectivity index (χ3n) is 5.45. The van der Waals surface area contributed by atoms with Crippen LogP contribution in [0.15, 0.2) is 53.7 Å². The second-order valence-electron chi connectivity index (χ2n) is 7.21. The van der Waals surface area contributed by atoms with Crippen LogP contribution in [-0.2, 0) is 9.59 Å². The second kappa shape index (κ2) is 7.61. The Morgan fingerprint density at radius 3 is 2.48 bits per heavy atom. The van der Waals surface area contributed by atoms with Crippen LogP contribution < -0.4 is 5.32 Å². The molecule has 0 radical (unpaired) electrons. The first-order valence-corrected chi connectivity index (χ1v) is 9.85. The van der Waals surface area contributed by atoms with Crippen molar-refractivity contribution in [2.45, 2.75) is 31.1 Å². The molecule has 0 fully saturated rings. The highest BCUT2D eigenvalue weighted by Crippen LogP contribution is 2.44. The van der Waals surface area contributed by atoms with Gasteiger partial charge in [0.2, 0.25) is 5.91 Å². The molecule has 2 unspecified atom stereocenters. The first kappa shape index (κ1) is 19.6. The van der Waals surface area contributed by atoms with E-state index in [-0.39, 0.29) is 41.2 Å². The van der Waals surface area contributed by atoms with Crippen molar-refractivity contribution in [3.05, 3.63) is 85.0 Å². The largest absolute Gasteiger partial charge is 0.329 e. The number of nitro groups is 1. The lowest BCUT2D eigenvalue weighted by atomic mass is 9.73. The highest BCUT2D eigenvalue weighted by Gasteiger charge is 2.39. The van der Waals surface area contributed by atoms with E-state index in [1.54, 1.807) is 12.1 Å². The van der Waals surface area contributed by atoms with E-state index in [9.17, 15) is 19.7 Å². The standard InChI is InChI=1S/C21H16Cl2N2O4/c22-15-4-2-1-3-13(15)12-7-17-21(19(26)9-12)14(10-20(27)24-17)11-5-6-16(23)18(8-11)25(28)29/h1-6,8,12,14H,7,9-10H2,(H,24,27). The molecule has 0 spiro atoms. The Morgan fingerprint density at radius 1 is 1.00 bits per heavy atom. The number of carbonyl (C=O) groups excluding carboxylic acids is 2. The number of nitrogens with zero attached hydrogens (tertiary/aromatic N) is 1. The first-order chi connectivity index (χ1) is 13.8. The molecule has 0 saturated heterocycles. The summed E-state index contributed by atoms with van der Waals surface area (Å²) < 4.78 is 0. The highest BCUT2D eigenvalue weighted by atomic mass is 35.5. The molecule has 0 aromatic heterocycles. The average molecular weight is 431 g/mol. The second-order valence-corrected chi connectivity index (χ2v) is 8.03. The van der Waals surface area contributed by atoms with Gasteiger partial charge in [-0.2, -0.15) is 0 Å². The normalized spacial score (nSPS) is 21.6. The van der Waals surface area contributed by atoms with Crippen molar-refractivity contribution >= 4 is 40.6 Å². The van der Waals surface area contributed by atoms with E-state index < -0.39 is 10.8 Å². The predicted molar refractivity (Wildman–Crippen MR) is 109 cm³/mol. The third kappa shape index (κ3) is 3.66. The lowest BCUT2D eigenvalue weighted by molar-refractivity contribution is -0.384. The van der Waals surface area contributed by atoms with Crippen molar-refractivity contribution < 1.29 is 14.5 Å². The Bertz CT molecular complexity index is 1080. The number of nitro benzene ring substituents is 1. The molecular weight excluding hydrogens is 415 g/mol. The molecular formula is C21H16Cl2N2O4. The number of nitrogens with one attached hydrogen (secondary N) is 1. The van der Waals surface area contributed by atoms with Crippen LogP contribution in [0, 0.1) is 10.1 Å². The summed E-state index contributed by atoms with van der Waals surface area (Å²) in [6.45, 7) is 0. The Morgan fingerprint density at radius 2 is 1.76 bits per heavy atom. The van der Waals surface area contributed by atoms with E-state index >= 15 is 0 Å². The van der Waals surface area contributed by atoms with Crippen LogP contribution in [0.3, 0.4) is 0 Å². The van der Waals surface area contributed by atoms with E-state index in [0.29, 0.717) is 28.3 Å². The van der Waals surface area contributed by atoms with Crippen LogP contribution in [0.1, 0.15) is 42.2 Å². The number of benzene rings is 2. The highest BCUT2D eigenvalue weighted by molar-refractivity contribution is 6.32. The van der Waals surface area contributed by atoms with Gasteiger partial charge in [-0.15, -0.1) is 0 Å². The fourth-order valence-corrected chi connectivity index (χ4v) is 4.63. The Hall–Kier alpha value is -2.70. The Balaban J connectivity index is 1.75. The summed E-state index contributed by atoms with van der Waals surface area (Å²) in [6, 6.07) is 11.8. The van der Waals surface area contributed by atoms with Crippen LogP contribution in [0.25, 0.3) is 0 Å². The zero-order valence-corrected chi connectivity index (χ0v) is 16.7. The molecule has 6 nitrogen and oxygen atoms in total. The lowest BCUT2D eigenvalue weighted by Crippen LogP contribution is -2.38. The fourth-order valence-electron chi connectivity index (χ4n) is 4.16. The summed E-state index contributed by atoms with van der Waals surface area (Å²) in [5, 5.41) is 14.7. The molecule has 4 rings (SSSR count). The van der Waals surface area contributed by atoms with Crippen molar-refractivity contribution in [3.63, 3.8) is 0 Å². The van der Waals surface area contributed by atoms with Crippen LogP contribution >= 0.6 is 23.2 Å². The Labute approximate surface area is 176 Å². The summed E-state index contributed by atoms with van der Waals surface area (Å²) in [7, 11) is 0. The van der Waals surface area contributed by atoms with Gasteiger partial charge in [0.1, 0.15) is 5.02 Å². The quantitative estimate of drug-likeness (QED) is 0.553. The predicted octanol–water partition coefficient (Wildman–Crippen LogP) is 4.91. The van der Waals surface area contributed by atoms with Crippen molar-refractivity contribution in [1.82, 2.24) is 5.32 Å². The number of ketones is 1. The minimum atomic E-state index is -0.569. The zero-order valence-electron chi connectivity index (χ0n) is 15.2. The number of rotatable bonds is 3. The number of amides is 1. The van der Waals surface area contributed by atoms with Crippen LogP contribution in [0.2, 0.25) is 10.0 Å². The molecule has 8 heteroatoms. The minimum absolute atomic E-state index is 0.0157. The number of hydrogen-bond acceptors (Lipinski definition) is 4. The minimum Gasteiger partial charge on any atom is -0.329 e. The van der Waals surface area contributed by atoms with Gasteiger partial charge in [-0.25, -0.2) is 0 Å². The molecule has 2 aromatic rings. The van der Waals surface area contributed by atoms with Gasteiger partial charge in [-0.3, -0.25) is 19.7 Å². The van der Waals surface area contributed by atoms with Gasteiger partial charge in [0.05, 0.1) is 4.92 Å². The average Bonchev–Trinajstić information content (AvgIpc) is 2.67. The molecule has 1 heterocycles. The maximum absolute atomic E-state index is 13.1. The summed E-state index contributed by atoms with van der Waals surface area (Å²) in [4.78, 5) is 36.1. The zero-order chi connectivity index (χ0) is 20.7. The number of carbonyl (C=O) groups is 2. The maximum Gasteiger partial charge on any atom is 0.288 e. The number of Topliss-reactive ketones (excluding diaryl/α,β-unsaturated/α-hetero) is 1. The number of halogens is 2. The van der Waals surface area contributed by atoms with Crippen LogP contribution in [0.4, 0.5) is 5.69 Å². The van der Waals surface area contributed by atoms with Gasteiger partial charge in [0, 0.05) is 41.1 Å². The molecule has 1 aliphatic heterocycles. The summed E-state index contributed by atoms with van der Waals surface area (Å²) in [6.07, 6.45) is 0.799. The molecule has 0 bridgehead atoms. The van der Waals surface area contributed by atoms with Gasteiger partial charge in [0.15, 0.2) is 5.78 Å². The topological polar surface area (TPSA) is 89.3 Å². The molecule has 148 valence electrons. The van der Waals surface area contributed by atoms with Crippen LogP contribution in [-0.4, -0.2) is 16.6 Å². The monoisotopic (exact) mass is 430 g/mol. The molecule has 2 atom stereocenters. The summed E-state index contributed by atoms with van der Waals surface area (Å²) in [5.41, 5.74) is 2.25. The van der Waals surface area contributed by atoms with E-state index in [0.717, 1.165) is 5.56 Å². The van der Waals surface area contributed by atoms with Gasteiger partial charge in [0.25, 0.3) is 5.69 Å². The third-order valence-corrected chi connectivity index (χ3v) is 6.11. The van der Waals surface area contributed by atoms with E-state index in [1.165, 1.54) is 12.1 Å². The molecule has 1 N–H and O–H groups in total. The maximum atomic E-state index is 13.1. The van der Waals surface area contributed by atoms with Gasteiger partial charge < -0.3 is 5.32 Å². The van der Waals surface area contributed by atoms with E-state index in [2.05, 4.69) is 5.32 Å². The van der Waals surface area contributed by atoms with E-state index in [1.807, 2.05) is 18.2 Å². The molecule has 2 aliphatic rings. The van der Waals surface area contributed by atoms with Gasteiger partial charge >= 0.3 is 0 Å². The van der Waals surface area contributed by atoms with E-state index in [4.69, 9.17) is 23.2 Å². The molecule has 29 heavy (non-hydrogen) atoms. The molecule has 1 aliphatic carbocycles. The fraction of sp³-hybridized carbons (Fsp3) is 0.238. The first-order valence-electron chi connectivity index (χ1n) is 9.09. The van der Waals surface area contributed by atoms with Crippen molar-refractivity contribution in [2.24, 2.45) is 0 Å². The lowest BCUT2D eigenvalue weighted by Gasteiger charge is -2.34. The number of hydrogen-bond donors (Lipinski definition) is 1. The van der Waals surface area contributed by atoms with Crippen molar-refractivity contribution in [1.29, 1.82) is 0 Å². The molecule has 0 saturated carbocycles. The summed E-state index contributed by atoms with van der Waals surface area (Å²) >= 11 is 12.2. The Kier molecular flexibility index (Phi) is 5.15. The summed E-state index contributed by atoms with van der Waals surface area (Å²) in [5.74, 6) is -0.972. The van der Waals surface area contributed by atoms with Gasteiger partial charge in [-0.1, -0.05) is 47.5 Å². The van der Waals surface area contributed by atoms with Crippen LogP contribution in [0.5, 0.6) is 0 Å². The SMILES string of the molecule is O=C1CC(c2ccc(Cl)c([N+](=O)[O-])c2)C2=C(CC(c3ccccc3Cl)CC2=O)N1. The molecule has 2 aromatic carbocycles. The molecule has 1 amide bonds. The number of allylic oxidation sites excluding steroid dienone is 2.